The van der Waals surface area contributed by atoms with Gasteiger partial charge < -0.3 is 5.32 Å². The highest BCUT2D eigenvalue weighted by Crippen LogP contribution is 2.31. The number of hydrogen-bond acceptors (Lipinski definition) is 5. The van der Waals surface area contributed by atoms with Crippen molar-refractivity contribution in [2.75, 3.05) is 5.32 Å². The first-order valence-corrected chi connectivity index (χ1v) is 11.4. The number of thioether (sulfide) groups is 1. The molecule has 0 spiro atoms. The Morgan fingerprint density at radius 1 is 0.844 bits per heavy atom. The third-order valence-electron chi connectivity index (χ3n) is 4.54. The predicted octanol–water partition coefficient (Wildman–Crippen LogP) is 6.63. The Kier molecular flexibility index (Phi) is 7.05. The van der Waals surface area contributed by atoms with Crippen molar-refractivity contribution < 1.29 is 4.79 Å². The summed E-state index contributed by atoms with van der Waals surface area (Å²) in [6, 6.07) is 24.5. The maximum absolute atomic E-state index is 12.7. The largest absolute Gasteiger partial charge is 0.325 e. The minimum atomic E-state index is -0.472. The Morgan fingerprint density at radius 3 is 2.00 bits per heavy atom. The van der Waals surface area contributed by atoms with Crippen molar-refractivity contribution >= 4 is 46.6 Å². The molecule has 1 aromatic heterocycles. The van der Waals surface area contributed by atoms with Gasteiger partial charge in [0.25, 0.3) is 0 Å². The van der Waals surface area contributed by atoms with Crippen LogP contribution in [0.3, 0.4) is 0 Å². The van der Waals surface area contributed by atoms with Crippen molar-refractivity contribution in [2.45, 2.75) is 17.3 Å². The molecule has 32 heavy (non-hydrogen) atoms. The van der Waals surface area contributed by atoms with Crippen molar-refractivity contribution in [1.29, 1.82) is 0 Å². The molecule has 5 nitrogen and oxygen atoms in total. The summed E-state index contributed by atoms with van der Waals surface area (Å²) in [6.07, 6.45) is 0. The molecule has 0 fully saturated rings. The lowest BCUT2D eigenvalue weighted by molar-refractivity contribution is -0.115. The number of carbonyl (C=O) groups is 1. The lowest BCUT2D eigenvalue weighted by Gasteiger charge is -2.13. The van der Waals surface area contributed by atoms with Gasteiger partial charge in [0.15, 0.2) is 0 Å². The van der Waals surface area contributed by atoms with Gasteiger partial charge in [0.2, 0.25) is 11.1 Å². The highest BCUT2D eigenvalue weighted by molar-refractivity contribution is 8.00. The summed E-state index contributed by atoms with van der Waals surface area (Å²) in [5.74, 6) is -0.217. The number of nitrogens with one attached hydrogen (secondary N) is 1. The second kappa shape index (κ2) is 10.1. The smallest absolute Gasteiger partial charge is 0.237 e. The molecule has 1 N–H and O–H groups in total. The Hall–Kier alpha value is -2.93. The molecule has 0 radical (unpaired) electrons. The van der Waals surface area contributed by atoms with E-state index < -0.39 is 5.25 Å². The van der Waals surface area contributed by atoms with Crippen molar-refractivity contribution in [3.8, 4) is 22.5 Å². The maximum atomic E-state index is 12.7. The molecule has 8 heteroatoms. The molecular weight excluding hydrogens is 463 g/mol. The lowest BCUT2D eigenvalue weighted by atomic mass is 10.0. The minimum absolute atomic E-state index is 0.217. The molecular formula is C24H18Cl2N4OS. The molecule has 1 heterocycles. The normalized spacial score (nSPS) is 11.7. The molecule has 0 bridgehead atoms. The average molecular weight is 481 g/mol. The van der Waals surface area contributed by atoms with Gasteiger partial charge in [-0.1, -0.05) is 95.6 Å². The molecule has 1 unspecified atom stereocenters. The second-order valence-corrected chi connectivity index (χ2v) is 9.11. The summed E-state index contributed by atoms with van der Waals surface area (Å²) in [4.78, 5) is 17.4. The molecule has 160 valence electrons. The summed E-state index contributed by atoms with van der Waals surface area (Å²) < 4.78 is 0. The van der Waals surface area contributed by atoms with E-state index in [2.05, 4.69) is 15.5 Å². The summed E-state index contributed by atoms with van der Waals surface area (Å²) in [5.41, 5.74) is 3.78. The molecule has 1 atom stereocenters. The SMILES string of the molecule is CC(Sc1nnc(-c2ccccc2)c(-c2ccccc2)n1)C(=O)Nc1cc(Cl)cc(Cl)c1. The fourth-order valence-electron chi connectivity index (χ4n) is 3.03. The first-order chi connectivity index (χ1) is 15.5. The Morgan fingerprint density at radius 2 is 1.41 bits per heavy atom. The monoisotopic (exact) mass is 480 g/mol. The van der Waals surface area contributed by atoms with Gasteiger partial charge in [0, 0.05) is 26.9 Å². The number of nitrogens with zero attached hydrogens (tertiary/aromatic N) is 3. The van der Waals surface area contributed by atoms with Crippen molar-refractivity contribution in [2.24, 2.45) is 0 Å². The van der Waals surface area contributed by atoms with Crippen molar-refractivity contribution in [3.05, 3.63) is 88.9 Å². The van der Waals surface area contributed by atoms with Crippen molar-refractivity contribution in [3.63, 3.8) is 0 Å². The molecule has 0 aliphatic rings. The molecule has 0 saturated heterocycles. The fourth-order valence-corrected chi connectivity index (χ4v) is 4.27. The molecule has 4 aromatic rings. The van der Waals surface area contributed by atoms with Crippen molar-refractivity contribution in [1.82, 2.24) is 15.2 Å². The quantitative estimate of drug-likeness (QED) is 0.313. The van der Waals surface area contributed by atoms with E-state index in [1.165, 1.54) is 11.8 Å². The average Bonchev–Trinajstić information content (AvgIpc) is 2.79. The highest BCUT2D eigenvalue weighted by Gasteiger charge is 2.19. The molecule has 0 aliphatic heterocycles. The Labute approximate surface area is 200 Å². The predicted molar refractivity (Wildman–Crippen MR) is 131 cm³/mol. The van der Waals surface area contributed by atoms with Gasteiger partial charge in [-0.15, -0.1) is 10.2 Å². The summed E-state index contributed by atoms with van der Waals surface area (Å²) >= 11 is 13.3. The number of anilines is 1. The number of amides is 1. The summed E-state index contributed by atoms with van der Waals surface area (Å²) in [5, 5.41) is 12.4. The first-order valence-electron chi connectivity index (χ1n) is 9.79. The van der Waals surface area contributed by atoms with Crippen LogP contribution in [0.5, 0.6) is 0 Å². The summed E-state index contributed by atoms with van der Waals surface area (Å²) in [7, 11) is 0. The topological polar surface area (TPSA) is 67.8 Å². The standard InChI is InChI=1S/C24H18Cl2N4OS/c1-15(23(31)27-20-13-18(25)12-19(26)14-20)32-24-28-21(16-8-4-2-5-9-16)22(29-30-24)17-10-6-3-7-11-17/h2-15H,1H3,(H,27,31). The van der Waals surface area contributed by atoms with E-state index >= 15 is 0 Å². The number of hydrogen-bond donors (Lipinski definition) is 1. The zero-order valence-electron chi connectivity index (χ0n) is 17.0. The van der Waals surface area contributed by atoms with Gasteiger partial charge in [0.05, 0.1) is 5.25 Å². The van der Waals surface area contributed by atoms with Crippen LogP contribution in [0.25, 0.3) is 22.5 Å². The van der Waals surface area contributed by atoms with Crippen LogP contribution >= 0.6 is 35.0 Å². The van der Waals surface area contributed by atoms with E-state index in [9.17, 15) is 4.79 Å². The number of aromatic nitrogens is 3. The van der Waals surface area contributed by atoms with E-state index in [1.807, 2.05) is 60.7 Å². The third kappa shape index (κ3) is 5.46. The summed E-state index contributed by atoms with van der Waals surface area (Å²) in [6.45, 7) is 1.78. The zero-order chi connectivity index (χ0) is 22.5. The zero-order valence-corrected chi connectivity index (χ0v) is 19.3. The lowest BCUT2D eigenvalue weighted by Crippen LogP contribution is -2.22. The van der Waals surface area contributed by atoms with Crippen LogP contribution in [0.1, 0.15) is 6.92 Å². The minimum Gasteiger partial charge on any atom is -0.325 e. The highest BCUT2D eigenvalue weighted by atomic mass is 35.5. The van der Waals surface area contributed by atoms with Crippen LogP contribution in [-0.4, -0.2) is 26.3 Å². The fraction of sp³-hybridized carbons (Fsp3) is 0.0833. The van der Waals surface area contributed by atoms with Crippen LogP contribution in [0.4, 0.5) is 5.69 Å². The van der Waals surface area contributed by atoms with Crippen LogP contribution < -0.4 is 5.32 Å². The number of halogens is 2. The van der Waals surface area contributed by atoms with E-state index in [-0.39, 0.29) is 5.91 Å². The molecule has 3 aromatic carbocycles. The van der Waals surface area contributed by atoms with Gasteiger partial charge >= 0.3 is 0 Å². The third-order valence-corrected chi connectivity index (χ3v) is 5.93. The molecule has 1 amide bonds. The molecule has 0 aliphatic carbocycles. The number of carbonyl (C=O) groups excluding carboxylic acids is 1. The van der Waals surface area contributed by atoms with E-state index in [0.717, 1.165) is 11.1 Å². The Bertz CT molecular complexity index is 1220. The van der Waals surface area contributed by atoms with Gasteiger partial charge in [-0.25, -0.2) is 4.98 Å². The van der Waals surface area contributed by atoms with Gasteiger partial charge in [-0.2, -0.15) is 0 Å². The van der Waals surface area contributed by atoms with Crippen LogP contribution in [-0.2, 0) is 4.79 Å². The second-order valence-electron chi connectivity index (χ2n) is 6.93. The van der Waals surface area contributed by atoms with Gasteiger partial charge in [-0.3, -0.25) is 4.79 Å². The van der Waals surface area contributed by atoms with Crippen LogP contribution in [0.15, 0.2) is 84.0 Å². The first kappa shape index (κ1) is 22.3. The van der Waals surface area contributed by atoms with E-state index in [4.69, 9.17) is 28.2 Å². The van der Waals surface area contributed by atoms with Crippen LogP contribution in [0, 0.1) is 0 Å². The van der Waals surface area contributed by atoms with Gasteiger partial charge in [-0.05, 0) is 25.1 Å². The maximum Gasteiger partial charge on any atom is 0.237 e. The van der Waals surface area contributed by atoms with Gasteiger partial charge in [0.1, 0.15) is 11.4 Å². The molecule has 4 rings (SSSR count). The molecule has 0 saturated carbocycles. The van der Waals surface area contributed by atoms with E-state index in [0.29, 0.717) is 32.3 Å². The number of benzene rings is 3. The van der Waals surface area contributed by atoms with E-state index in [1.54, 1.807) is 25.1 Å². The Balaban J connectivity index is 1.59. The van der Waals surface area contributed by atoms with Crippen LogP contribution in [0.2, 0.25) is 10.0 Å². The number of rotatable bonds is 6.